The van der Waals surface area contributed by atoms with Gasteiger partial charge in [-0.2, -0.15) is 0 Å². The van der Waals surface area contributed by atoms with Gasteiger partial charge in [-0.25, -0.2) is 0 Å². The Balaban J connectivity index is 2.30. The first-order valence-electron chi connectivity index (χ1n) is 6.77. The average Bonchev–Trinajstić information content (AvgIpc) is 2.48. The van der Waals surface area contributed by atoms with Crippen molar-refractivity contribution >= 4 is 17.8 Å². The lowest BCUT2D eigenvalue weighted by Gasteiger charge is -2.16. The van der Waals surface area contributed by atoms with Crippen LogP contribution < -0.4 is 5.32 Å². The summed E-state index contributed by atoms with van der Waals surface area (Å²) in [4.78, 5) is 36.0. The zero-order chi connectivity index (χ0) is 15.7. The number of benzene rings is 1. The van der Waals surface area contributed by atoms with Crippen molar-refractivity contribution in [2.24, 2.45) is 0 Å². The Morgan fingerprint density at radius 2 is 1.86 bits per heavy atom. The molecule has 0 spiro atoms. The summed E-state index contributed by atoms with van der Waals surface area (Å²) in [6.45, 7) is 2.13. The van der Waals surface area contributed by atoms with Gasteiger partial charge in [0.25, 0.3) is 5.91 Å². The molecule has 1 aromatic rings. The number of nitrogens with one attached hydrogen (secondary N) is 1. The third kappa shape index (κ3) is 6.07. The molecular weight excluding hydrogens is 272 g/mol. The first-order valence-corrected chi connectivity index (χ1v) is 6.77. The van der Waals surface area contributed by atoms with Crippen molar-refractivity contribution in [3.05, 3.63) is 35.9 Å². The highest BCUT2D eigenvalue weighted by molar-refractivity contribution is 5.94. The molecule has 0 saturated heterocycles. The lowest BCUT2D eigenvalue weighted by molar-refractivity contribution is -0.148. The number of ether oxygens (including phenoxy) is 1. The van der Waals surface area contributed by atoms with Gasteiger partial charge in [-0.3, -0.25) is 14.4 Å². The van der Waals surface area contributed by atoms with Crippen LogP contribution in [0.2, 0.25) is 0 Å². The van der Waals surface area contributed by atoms with Crippen LogP contribution in [-0.2, 0) is 14.3 Å². The van der Waals surface area contributed by atoms with Gasteiger partial charge in [-0.05, 0) is 19.1 Å². The van der Waals surface area contributed by atoms with Crippen LogP contribution in [0, 0.1) is 0 Å². The average molecular weight is 292 g/mol. The van der Waals surface area contributed by atoms with Gasteiger partial charge in [0, 0.05) is 25.6 Å². The molecule has 0 aliphatic heterocycles. The summed E-state index contributed by atoms with van der Waals surface area (Å²) < 4.78 is 4.76. The number of likely N-dealkylation sites (N-methyl/N-ethyl adjacent to an activating group) is 1. The van der Waals surface area contributed by atoms with E-state index in [0.717, 1.165) is 0 Å². The largest absolute Gasteiger partial charge is 0.465 e. The fraction of sp³-hybridized carbons (Fsp3) is 0.400. The van der Waals surface area contributed by atoms with Crippen LogP contribution in [0.1, 0.15) is 23.7 Å². The smallest absolute Gasteiger partial charge is 0.325 e. The standard InChI is InChI=1S/C15H20N2O4/c1-3-21-14(19)11-17(2)13(18)9-10-16-15(20)12-7-5-4-6-8-12/h4-8H,3,9-11H2,1-2H3,(H,16,20). The Kier molecular flexibility index (Phi) is 6.94. The molecule has 0 fully saturated rings. The van der Waals surface area contributed by atoms with Crippen LogP contribution >= 0.6 is 0 Å². The second kappa shape index (κ2) is 8.73. The Labute approximate surface area is 124 Å². The predicted molar refractivity (Wildman–Crippen MR) is 77.7 cm³/mol. The number of carbonyl (C=O) groups is 3. The minimum Gasteiger partial charge on any atom is -0.465 e. The van der Waals surface area contributed by atoms with E-state index in [4.69, 9.17) is 4.74 Å². The quantitative estimate of drug-likeness (QED) is 0.755. The monoisotopic (exact) mass is 292 g/mol. The maximum Gasteiger partial charge on any atom is 0.325 e. The van der Waals surface area contributed by atoms with E-state index >= 15 is 0 Å². The fourth-order valence-corrected chi connectivity index (χ4v) is 1.65. The van der Waals surface area contributed by atoms with Gasteiger partial charge >= 0.3 is 5.97 Å². The van der Waals surface area contributed by atoms with Gasteiger partial charge in [0.2, 0.25) is 5.91 Å². The summed E-state index contributed by atoms with van der Waals surface area (Å²) in [5.74, 6) is -0.894. The number of rotatable bonds is 7. The fourth-order valence-electron chi connectivity index (χ4n) is 1.65. The first kappa shape index (κ1) is 16.7. The normalized spacial score (nSPS) is 9.81. The Bertz CT molecular complexity index is 488. The van der Waals surface area contributed by atoms with Crippen molar-refractivity contribution in [2.75, 3.05) is 26.7 Å². The maximum atomic E-state index is 11.8. The SMILES string of the molecule is CCOC(=O)CN(C)C(=O)CCNC(=O)c1ccccc1. The molecule has 1 N–H and O–H groups in total. The van der Waals surface area contributed by atoms with E-state index in [0.29, 0.717) is 5.56 Å². The van der Waals surface area contributed by atoms with Gasteiger partial charge in [0.1, 0.15) is 6.54 Å². The number of amides is 2. The zero-order valence-electron chi connectivity index (χ0n) is 12.3. The van der Waals surface area contributed by atoms with Gasteiger partial charge in [0.15, 0.2) is 0 Å². The minimum atomic E-state index is -0.443. The molecule has 0 aliphatic carbocycles. The Morgan fingerprint density at radius 1 is 1.19 bits per heavy atom. The third-order valence-corrected chi connectivity index (χ3v) is 2.76. The van der Waals surface area contributed by atoms with E-state index < -0.39 is 5.97 Å². The molecule has 114 valence electrons. The van der Waals surface area contributed by atoms with E-state index in [-0.39, 0.29) is 37.9 Å². The number of esters is 1. The molecule has 1 rings (SSSR count). The molecule has 0 atom stereocenters. The second-order valence-electron chi connectivity index (χ2n) is 4.43. The Morgan fingerprint density at radius 3 is 2.48 bits per heavy atom. The molecule has 1 aromatic carbocycles. The summed E-state index contributed by atoms with van der Waals surface area (Å²) in [7, 11) is 1.53. The van der Waals surface area contributed by atoms with Crippen LogP contribution in [0.15, 0.2) is 30.3 Å². The highest BCUT2D eigenvalue weighted by Gasteiger charge is 2.13. The van der Waals surface area contributed by atoms with E-state index in [2.05, 4.69) is 5.32 Å². The molecule has 0 bridgehead atoms. The molecule has 6 nitrogen and oxygen atoms in total. The van der Waals surface area contributed by atoms with Crippen LogP contribution in [0.25, 0.3) is 0 Å². The van der Waals surface area contributed by atoms with Crippen LogP contribution in [-0.4, -0.2) is 49.4 Å². The molecule has 0 heterocycles. The van der Waals surface area contributed by atoms with Crippen LogP contribution in [0.5, 0.6) is 0 Å². The molecule has 21 heavy (non-hydrogen) atoms. The molecule has 0 aromatic heterocycles. The lowest BCUT2D eigenvalue weighted by atomic mass is 10.2. The molecule has 0 radical (unpaired) electrons. The van der Waals surface area contributed by atoms with Crippen LogP contribution in [0.3, 0.4) is 0 Å². The highest BCUT2D eigenvalue weighted by atomic mass is 16.5. The van der Waals surface area contributed by atoms with Crippen LogP contribution in [0.4, 0.5) is 0 Å². The number of carbonyl (C=O) groups excluding carboxylic acids is 3. The van der Waals surface area contributed by atoms with Gasteiger partial charge < -0.3 is 15.0 Å². The maximum absolute atomic E-state index is 11.8. The molecule has 0 aliphatic rings. The summed E-state index contributed by atoms with van der Waals surface area (Å²) in [6, 6.07) is 8.76. The zero-order valence-corrected chi connectivity index (χ0v) is 12.3. The van der Waals surface area contributed by atoms with Crippen molar-refractivity contribution in [1.82, 2.24) is 10.2 Å². The number of hydrogen-bond acceptors (Lipinski definition) is 4. The van der Waals surface area contributed by atoms with Gasteiger partial charge in [-0.15, -0.1) is 0 Å². The predicted octanol–water partition coefficient (Wildman–Crippen LogP) is 0.828. The topological polar surface area (TPSA) is 75.7 Å². The van der Waals surface area contributed by atoms with E-state index in [1.54, 1.807) is 31.2 Å². The van der Waals surface area contributed by atoms with Crippen molar-refractivity contribution < 1.29 is 19.1 Å². The summed E-state index contributed by atoms with van der Waals surface area (Å²) >= 11 is 0. The number of nitrogens with zero attached hydrogens (tertiary/aromatic N) is 1. The second-order valence-corrected chi connectivity index (χ2v) is 4.43. The van der Waals surface area contributed by atoms with Crippen molar-refractivity contribution in [3.8, 4) is 0 Å². The third-order valence-electron chi connectivity index (χ3n) is 2.76. The highest BCUT2D eigenvalue weighted by Crippen LogP contribution is 1.98. The molecule has 0 saturated carbocycles. The van der Waals surface area contributed by atoms with E-state index in [1.807, 2.05) is 6.07 Å². The lowest BCUT2D eigenvalue weighted by Crippen LogP contribution is -2.35. The van der Waals surface area contributed by atoms with E-state index in [1.165, 1.54) is 11.9 Å². The molecule has 6 heteroatoms. The molecule has 0 unspecified atom stereocenters. The molecule has 2 amide bonds. The minimum absolute atomic E-state index is 0.0840. The summed E-state index contributed by atoms with van der Waals surface area (Å²) in [5.41, 5.74) is 0.546. The van der Waals surface area contributed by atoms with Gasteiger partial charge in [-0.1, -0.05) is 18.2 Å². The summed E-state index contributed by atoms with van der Waals surface area (Å²) in [6.07, 6.45) is 0.133. The summed E-state index contributed by atoms with van der Waals surface area (Å²) in [5, 5.41) is 2.66. The molecular formula is C15H20N2O4. The van der Waals surface area contributed by atoms with Crippen molar-refractivity contribution in [3.63, 3.8) is 0 Å². The van der Waals surface area contributed by atoms with Crippen molar-refractivity contribution in [2.45, 2.75) is 13.3 Å². The van der Waals surface area contributed by atoms with Crippen molar-refractivity contribution in [1.29, 1.82) is 0 Å². The first-order chi connectivity index (χ1) is 10.0. The van der Waals surface area contributed by atoms with Gasteiger partial charge in [0.05, 0.1) is 6.61 Å². The van der Waals surface area contributed by atoms with E-state index in [9.17, 15) is 14.4 Å². The Hall–Kier alpha value is -2.37. The number of hydrogen-bond donors (Lipinski definition) is 1.